The number of nitrogens with one attached hydrogen (secondary N) is 2. The van der Waals surface area contributed by atoms with Crippen LogP contribution in [0.2, 0.25) is 0 Å². The lowest BCUT2D eigenvalue weighted by Crippen LogP contribution is -2.36. The number of nitrogen functional groups attached to an aromatic ring is 1. The van der Waals surface area contributed by atoms with Gasteiger partial charge >= 0.3 is 0 Å². The van der Waals surface area contributed by atoms with Gasteiger partial charge in [-0.2, -0.15) is 0 Å². The summed E-state index contributed by atoms with van der Waals surface area (Å²) in [5, 5.41) is 4.90. The Labute approximate surface area is 98.2 Å². The van der Waals surface area contributed by atoms with Gasteiger partial charge in [-0.05, 0) is 25.1 Å². The largest absolute Gasteiger partial charge is 0.396 e. The second-order valence-corrected chi connectivity index (χ2v) is 3.37. The monoisotopic (exact) mass is 239 g/mol. The highest BCUT2D eigenvalue weighted by molar-refractivity contribution is 5.96. The molecule has 0 aliphatic carbocycles. The number of amides is 2. The van der Waals surface area contributed by atoms with Gasteiger partial charge in [0.2, 0.25) is 5.91 Å². The van der Waals surface area contributed by atoms with Crippen molar-refractivity contribution in [3.8, 4) is 0 Å². The molecule has 0 aromatic heterocycles. The molecule has 0 saturated heterocycles. The van der Waals surface area contributed by atoms with Gasteiger partial charge in [0, 0.05) is 12.1 Å². The van der Waals surface area contributed by atoms with Gasteiger partial charge in [0.05, 0.1) is 12.2 Å². The van der Waals surface area contributed by atoms with Crippen LogP contribution < -0.4 is 16.4 Å². The number of halogens is 1. The molecule has 0 atom stereocenters. The summed E-state index contributed by atoms with van der Waals surface area (Å²) in [5.74, 6) is -1.47. The van der Waals surface area contributed by atoms with Gasteiger partial charge in [-0.3, -0.25) is 9.59 Å². The molecule has 17 heavy (non-hydrogen) atoms. The molecule has 92 valence electrons. The minimum absolute atomic E-state index is 0.0229. The Morgan fingerprint density at radius 1 is 1.35 bits per heavy atom. The molecule has 0 heterocycles. The molecule has 0 saturated carbocycles. The molecule has 1 aromatic carbocycles. The third-order valence-corrected chi connectivity index (χ3v) is 2.05. The van der Waals surface area contributed by atoms with Crippen molar-refractivity contribution in [2.24, 2.45) is 0 Å². The Morgan fingerprint density at radius 2 is 2.06 bits per heavy atom. The Morgan fingerprint density at radius 3 is 2.65 bits per heavy atom. The first-order valence-corrected chi connectivity index (χ1v) is 5.14. The molecule has 5 nitrogen and oxygen atoms in total. The molecule has 0 fully saturated rings. The standard InChI is InChI=1S/C11H14FN3O2/c1-2-14-10(16)6-15-11(17)7-3-4-9(13)8(12)5-7/h3-5H,2,6,13H2,1H3,(H,14,16)(H,15,17). The molecule has 0 aliphatic rings. The van der Waals surface area contributed by atoms with Gasteiger partial charge in [0.1, 0.15) is 5.82 Å². The van der Waals surface area contributed by atoms with Gasteiger partial charge in [-0.1, -0.05) is 0 Å². The van der Waals surface area contributed by atoms with Crippen molar-refractivity contribution in [1.29, 1.82) is 0 Å². The predicted octanol–water partition coefficient (Wildman–Crippen LogP) is 0.274. The summed E-state index contributed by atoms with van der Waals surface area (Å²) < 4.78 is 13.1. The van der Waals surface area contributed by atoms with Crippen molar-refractivity contribution >= 4 is 17.5 Å². The molecular formula is C11H14FN3O2. The number of carbonyl (C=O) groups is 2. The topological polar surface area (TPSA) is 84.2 Å². The number of anilines is 1. The quantitative estimate of drug-likeness (QED) is 0.659. The van der Waals surface area contributed by atoms with Gasteiger partial charge in [-0.15, -0.1) is 0 Å². The number of nitrogens with two attached hydrogens (primary N) is 1. The fourth-order valence-electron chi connectivity index (χ4n) is 1.19. The van der Waals surface area contributed by atoms with E-state index in [1.54, 1.807) is 6.92 Å². The van der Waals surface area contributed by atoms with Crippen LogP contribution in [-0.4, -0.2) is 24.9 Å². The highest BCUT2D eigenvalue weighted by Crippen LogP contribution is 2.11. The van der Waals surface area contributed by atoms with Gasteiger partial charge < -0.3 is 16.4 Å². The summed E-state index contributed by atoms with van der Waals surface area (Å²) in [5.41, 5.74) is 5.38. The molecule has 0 spiro atoms. The summed E-state index contributed by atoms with van der Waals surface area (Å²) in [6.07, 6.45) is 0. The number of hydrogen-bond donors (Lipinski definition) is 3. The number of carbonyl (C=O) groups excluding carboxylic acids is 2. The maximum absolute atomic E-state index is 13.1. The van der Waals surface area contributed by atoms with Crippen LogP contribution in [0.3, 0.4) is 0 Å². The van der Waals surface area contributed by atoms with Crippen LogP contribution in [0.15, 0.2) is 18.2 Å². The Bertz CT molecular complexity index is 435. The number of likely N-dealkylation sites (N-methyl/N-ethyl adjacent to an activating group) is 1. The van der Waals surface area contributed by atoms with E-state index in [0.717, 1.165) is 6.07 Å². The van der Waals surface area contributed by atoms with Crippen molar-refractivity contribution in [2.45, 2.75) is 6.92 Å². The van der Waals surface area contributed by atoms with Gasteiger partial charge in [0.15, 0.2) is 0 Å². The van der Waals surface area contributed by atoms with Crippen LogP contribution in [0.1, 0.15) is 17.3 Å². The third kappa shape index (κ3) is 3.75. The highest BCUT2D eigenvalue weighted by Gasteiger charge is 2.09. The smallest absolute Gasteiger partial charge is 0.251 e. The predicted molar refractivity (Wildman–Crippen MR) is 61.8 cm³/mol. The average Bonchev–Trinajstić information content (AvgIpc) is 2.30. The molecule has 1 aromatic rings. The van der Waals surface area contributed by atoms with Crippen molar-refractivity contribution in [3.05, 3.63) is 29.6 Å². The van der Waals surface area contributed by atoms with Crippen molar-refractivity contribution in [2.75, 3.05) is 18.8 Å². The van der Waals surface area contributed by atoms with Crippen LogP contribution >= 0.6 is 0 Å². The van der Waals surface area contributed by atoms with E-state index in [4.69, 9.17) is 5.73 Å². The van der Waals surface area contributed by atoms with E-state index in [1.165, 1.54) is 12.1 Å². The van der Waals surface area contributed by atoms with Gasteiger partial charge in [0.25, 0.3) is 5.91 Å². The minimum Gasteiger partial charge on any atom is -0.396 e. The van der Waals surface area contributed by atoms with E-state index in [0.29, 0.717) is 6.54 Å². The summed E-state index contributed by atoms with van der Waals surface area (Å²) in [7, 11) is 0. The molecule has 4 N–H and O–H groups in total. The normalized spacial score (nSPS) is 9.76. The zero-order valence-corrected chi connectivity index (χ0v) is 9.42. The van der Waals surface area contributed by atoms with E-state index >= 15 is 0 Å². The van der Waals surface area contributed by atoms with E-state index in [9.17, 15) is 14.0 Å². The van der Waals surface area contributed by atoms with Crippen LogP contribution in [0.4, 0.5) is 10.1 Å². The maximum Gasteiger partial charge on any atom is 0.251 e. The highest BCUT2D eigenvalue weighted by atomic mass is 19.1. The number of hydrogen-bond acceptors (Lipinski definition) is 3. The van der Waals surface area contributed by atoms with E-state index in [-0.39, 0.29) is 23.7 Å². The first-order chi connectivity index (χ1) is 8.04. The Kier molecular flexibility index (Phi) is 4.45. The van der Waals surface area contributed by atoms with E-state index in [2.05, 4.69) is 10.6 Å². The second-order valence-electron chi connectivity index (χ2n) is 3.37. The van der Waals surface area contributed by atoms with Gasteiger partial charge in [-0.25, -0.2) is 4.39 Å². The summed E-state index contributed by atoms with van der Waals surface area (Å²) >= 11 is 0. The van der Waals surface area contributed by atoms with Crippen LogP contribution in [0, 0.1) is 5.82 Å². The first-order valence-electron chi connectivity index (χ1n) is 5.14. The molecular weight excluding hydrogens is 225 g/mol. The number of benzene rings is 1. The average molecular weight is 239 g/mol. The minimum atomic E-state index is -0.657. The van der Waals surface area contributed by atoms with Crippen molar-refractivity contribution < 1.29 is 14.0 Å². The van der Waals surface area contributed by atoms with E-state index in [1.807, 2.05) is 0 Å². The van der Waals surface area contributed by atoms with Crippen molar-refractivity contribution in [1.82, 2.24) is 10.6 Å². The molecule has 0 bridgehead atoms. The maximum atomic E-state index is 13.1. The van der Waals surface area contributed by atoms with Crippen LogP contribution in [-0.2, 0) is 4.79 Å². The lowest BCUT2D eigenvalue weighted by molar-refractivity contribution is -0.120. The summed E-state index contributed by atoms with van der Waals surface area (Å²) in [6, 6.07) is 3.73. The molecule has 0 radical (unpaired) electrons. The molecule has 6 heteroatoms. The van der Waals surface area contributed by atoms with E-state index < -0.39 is 11.7 Å². The molecule has 1 rings (SSSR count). The zero-order valence-electron chi connectivity index (χ0n) is 9.42. The second kappa shape index (κ2) is 5.83. The Balaban J connectivity index is 2.58. The summed E-state index contributed by atoms with van der Waals surface area (Å²) in [4.78, 5) is 22.6. The molecule has 0 unspecified atom stereocenters. The summed E-state index contributed by atoms with van der Waals surface area (Å²) in [6.45, 7) is 2.12. The molecule has 0 aliphatic heterocycles. The SMILES string of the molecule is CCNC(=O)CNC(=O)c1ccc(N)c(F)c1. The first kappa shape index (κ1) is 13.0. The zero-order chi connectivity index (χ0) is 12.8. The lowest BCUT2D eigenvalue weighted by Gasteiger charge is -2.06. The van der Waals surface area contributed by atoms with Crippen LogP contribution in [0.5, 0.6) is 0 Å². The fraction of sp³-hybridized carbons (Fsp3) is 0.273. The number of rotatable bonds is 4. The Hall–Kier alpha value is -2.11. The third-order valence-electron chi connectivity index (χ3n) is 2.05. The van der Waals surface area contributed by atoms with Crippen LogP contribution in [0.25, 0.3) is 0 Å². The molecule has 2 amide bonds. The van der Waals surface area contributed by atoms with Crippen molar-refractivity contribution in [3.63, 3.8) is 0 Å². The lowest BCUT2D eigenvalue weighted by atomic mass is 10.2. The fourth-order valence-corrected chi connectivity index (χ4v) is 1.19.